The van der Waals surface area contributed by atoms with Crippen LogP contribution in [0.15, 0.2) is 41.2 Å². The minimum atomic E-state index is 0.0109. The lowest BCUT2D eigenvalue weighted by Crippen LogP contribution is -2.18. The molecule has 0 radical (unpaired) electrons. The zero-order chi connectivity index (χ0) is 16.2. The average Bonchev–Trinajstić information content (AvgIpc) is 3.16. The summed E-state index contributed by atoms with van der Waals surface area (Å²) in [6.07, 6.45) is 2.51. The summed E-state index contributed by atoms with van der Waals surface area (Å²) in [6, 6.07) is 7.88. The first-order valence-electron chi connectivity index (χ1n) is 7.94. The molecular weight excluding hydrogens is 308 g/mol. The molecule has 0 spiro atoms. The van der Waals surface area contributed by atoms with Crippen molar-refractivity contribution in [2.75, 3.05) is 19.7 Å². The molecule has 0 saturated carbocycles. The van der Waals surface area contributed by atoms with Gasteiger partial charge in [-0.15, -0.1) is 0 Å². The molecule has 5 heteroatoms. The van der Waals surface area contributed by atoms with Gasteiger partial charge in [0.1, 0.15) is 12.4 Å². The Morgan fingerprint density at radius 3 is 2.65 bits per heavy atom. The Bertz CT molecular complexity index is 724. The van der Waals surface area contributed by atoms with E-state index in [0.717, 1.165) is 47.1 Å². The van der Waals surface area contributed by atoms with Crippen molar-refractivity contribution in [3.8, 4) is 17.0 Å². The van der Waals surface area contributed by atoms with Gasteiger partial charge in [0.05, 0.1) is 5.69 Å². The molecule has 0 amide bonds. The number of H-pyrrole nitrogens is 1. The minimum absolute atomic E-state index is 0.0109. The summed E-state index contributed by atoms with van der Waals surface area (Å²) in [5.41, 5.74) is 2.96. The van der Waals surface area contributed by atoms with Crippen LogP contribution in [0.25, 0.3) is 11.3 Å². The van der Waals surface area contributed by atoms with Gasteiger partial charge in [-0.05, 0) is 68.3 Å². The molecule has 0 atom stereocenters. The number of ether oxygens (including phenoxy) is 1. The van der Waals surface area contributed by atoms with Crippen molar-refractivity contribution in [3.05, 3.63) is 51.0 Å². The normalized spacial score (nSPS) is 15.0. The molecule has 2 heterocycles. The van der Waals surface area contributed by atoms with E-state index >= 15 is 0 Å². The minimum Gasteiger partial charge on any atom is -0.489 e. The molecular formula is C18H22N2O2S. The van der Waals surface area contributed by atoms with E-state index in [1.807, 2.05) is 31.2 Å². The largest absolute Gasteiger partial charge is 0.489 e. The standard InChI is InChI=1S/C18H22N2O2S/c1-13(2)12-22-15-7-5-14(6-8-15)17-16(23-18(21)19-17)11-20-9-3-4-10-20/h5-8H,1,3-4,9-12H2,2H3,(H,19,21). The summed E-state index contributed by atoms with van der Waals surface area (Å²) in [5, 5.41) is 0. The second-order valence-corrected chi connectivity index (χ2v) is 7.13. The summed E-state index contributed by atoms with van der Waals surface area (Å²) >= 11 is 1.32. The first-order chi connectivity index (χ1) is 11.1. The summed E-state index contributed by atoms with van der Waals surface area (Å²) in [7, 11) is 0. The van der Waals surface area contributed by atoms with Gasteiger partial charge in [0, 0.05) is 11.4 Å². The van der Waals surface area contributed by atoms with Crippen molar-refractivity contribution in [1.82, 2.24) is 9.88 Å². The summed E-state index contributed by atoms with van der Waals surface area (Å²) in [5.74, 6) is 0.815. The van der Waals surface area contributed by atoms with E-state index in [4.69, 9.17) is 4.74 Å². The highest BCUT2D eigenvalue weighted by molar-refractivity contribution is 7.09. The third kappa shape index (κ3) is 4.12. The number of benzene rings is 1. The monoisotopic (exact) mass is 330 g/mol. The third-order valence-electron chi connectivity index (χ3n) is 3.92. The number of nitrogens with zero attached hydrogens (tertiary/aromatic N) is 1. The fourth-order valence-electron chi connectivity index (χ4n) is 2.77. The van der Waals surface area contributed by atoms with E-state index in [0.29, 0.717) is 6.61 Å². The Morgan fingerprint density at radius 1 is 1.30 bits per heavy atom. The maximum absolute atomic E-state index is 11.8. The number of hydrogen-bond donors (Lipinski definition) is 1. The number of aromatic amines is 1. The maximum Gasteiger partial charge on any atom is 0.305 e. The van der Waals surface area contributed by atoms with E-state index in [2.05, 4.69) is 16.5 Å². The van der Waals surface area contributed by atoms with Gasteiger partial charge in [0.25, 0.3) is 0 Å². The van der Waals surface area contributed by atoms with Crippen LogP contribution >= 0.6 is 11.3 Å². The molecule has 1 aliphatic heterocycles. The molecule has 0 unspecified atom stereocenters. The molecule has 23 heavy (non-hydrogen) atoms. The predicted molar refractivity (Wildman–Crippen MR) is 95.2 cm³/mol. The van der Waals surface area contributed by atoms with Crippen molar-refractivity contribution in [1.29, 1.82) is 0 Å². The fourth-order valence-corrected chi connectivity index (χ4v) is 3.67. The Hall–Kier alpha value is -1.85. The topological polar surface area (TPSA) is 45.3 Å². The van der Waals surface area contributed by atoms with E-state index in [1.165, 1.54) is 24.2 Å². The lowest BCUT2D eigenvalue weighted by atomic mass is 10.1. The molecule has 1 saturated heterocycles. The molecule has 122 valence electrons. The second kappa shape index (κ2) is 7.15. The van der Waals surface area contributed by atoms with Crippen LogP contribution in [0.1, 0.15) is 24.6 Å². The van der Waals surface area contributed by atoms with Gasteiger partial charge >= 0.3 is 4.87 Å². The fraction of sp³-hybridized carbons (Fsp3) is 0.389. The number of hydrogen-bond acceptors (Lipinski definition) is 4. The lowest BCUT2D eigenvalue weighted by Gasteiger charge is -2.14. The van der Waals surface area contributed by atoms with E-state index < -0.39 is 0 Å². The molecule has 0 aliphatic carbocycles. The zero-order valence-electron chi connectivity index (χ0n) is 13.4. The summed E-state index contributed by atoms with van der Waals surface area (Å²) in [6.45, 7) is 9.39. The smallest absolute Gasteiger partial charge is 0.305 e. The number of aromatic nitrogens is 1. The second-order valence-electron chi connectivity index (χ2n) is 6.07. The van der Waals surface area contributed by atoms with Crippen molar-refractivity contribution in [2.24, 2.45) is 0 Å². The van der Waals surface area contributed by atoms with Crippen molar-refractivity contribution in [3.63, 3.8) is 0 Å². The SMILES string of the molecule is C=C(C)COc1ccc(-c2[nH]c(=O)sc2CN2CCCC2)cc1. The molecule has 1 aromatic carbocycles. The van der Waals surface area contributed by atoms with E-state index in [-0.39, 0.29) is 4.87 Å². The van der Waals surface area contributed by atoms with E-state index in [1.54, 1.807) is 0 Å². The van der Waals surface area contributed by atoms with Crippen molar-refractivity contribution < 1.29 is 4.74 Å². The van der Waals surface area contributed by atoms with Crippen molar-refractivity contribution in [2.45, 2.75) is 26.3 Å². The average molecular weight is 330 g/mol. The molecule has 4 nitrogen and oxygen atoms in total. The first-order valence-corrected chi connectivity index (χ1v) is 8.75. The zero-order valence-corrected chi connectivity index (χ0v) is 14.2. The summed E-state index contributed by atoms with van der Waals surface area (Å²) < 4.78 is 5.62. The van der Waals surface area contributed by atoms with Gasteiger partial charge in [-0.3, -0.25) is 9.69 Å². The first kappa shape index (κ1) is 16.0. The van der Waals surface area contributed by atoms with Gasteiger partial charge in [0.15, 0.2) is 0 Å². The number of thiazole rings is 1. The number of rotatable bonds is 6. The Balaban J connectivity index is 1.77. The molecule has 1 fully saturated rings. The highest BCUT2D eigenvalue weighted by atomic mass is 32.1. The van der Waals surface area contributed by atoms with Gasteiger partial charge in [-0.1, -0.05) is 17.9 Å². The van der Waals surface area contributed by atoms with Gasteiger partial charge < -0.3 is 9.72 Å². The highest BCUT2D eigenvalue weighted by Gasteiger charge is 2.17. The molecule has 1 N–H and O–H groups in total. The number of likely N-dealkylation sites (tertiary alicyclic amines) is 1. The van der Waals surface area contributed by atoms with Crippen LogP contribution in [0.3, 0.4) is 0 Å². The van der Waals surface area contributed by atoms with Crippen LogP contribution in [0, 0.1) is 0 Å². The predicted octanol–water partition coefficient (Wildman–Crippen LogP) is 3.65. The van der Waals surface area contributed by atoms with Crippen molar-refractivity contribution >= 4 is 11.3 Å². The molecule has 2 aromatic rings. The molecule has 1 aliphatic rings. The van der Waals surface area contributed by atoms with Crippen LogP contribution in [0.4, 0.5) is 0 Å². The van der Waals surface area contributed by atoms with E-state index in [9.17, 15) is 4.79 Å². The molecule has 0 bridgehead atoms. The van der Waals surface area contributed by atoms with Crippen LogP contribution < -0.4 is 9.61 Å². The Labute approximate surface area is 140 Å². The summed E-state index contributed by atoms with van der Waals surface area (Å²) in [4.78, 5) is 18.3. The maximum atomic E-state index is 11.8. The Morgan fingerprint density at radius 2 is 2.00 bits per heavy atom. The van der Waals surface area contributed by atoms with Crippen LogP contribution in [0.2, 0.25) is 0 Å². The van der Waals surface area contributed by atoms with Crippen LogP contribution in [-0.4, -0.2) is 29.6 Å². The Kier molecular flexibility index (Phi) is 4.98. The van der Waals surface area contributed by atoms with Crippen LogP contribution in [0.5, 0.6) is 5.75 Å². The third-order valence-corrected chi connectivity index (χ3v) is 4.78. The van der Waals surface area contributed by atoms with Gasteiger partial charge in [-0.25, -0.2) is 0 Å². The molecule has 1 aromatic heterocycles. The quantitative estimate of drug-likeness (QED) is 0.822. The highest BCUT2D eigenvalue weighted by Crippen LogP contribution is 2.27. The molecule has 3 rings (SSSR count). The lowest BCUT2D eigenvalue weighted by molar-refractivity contribution is 0.334. The van der Waals surface area contributed by atoms with Gasteiger partial charge in [-0.2, -0.15) is 0 Å². The van der Waals surface area contributed by atoms with Gasteiger partial charge in [0.2, 0.25) is 0 Å². The van der Waals surface area contributed by atoms with Crippen LogP contribution in [-0.2, 0) is 6.54 Å². The number of nitrogens with one attached hydrogen (secondary N) is 1.